The molecular formula is C22H27N3O3. The van der Waals surface area contributed by atoms with Crippen molar-refractivity contribution < 1.29 is 14.3 Å². The molecule has 0 aliphatic rings. The minimum Gasteiger partial charge on any atom is -0.489 e. The predicted octanol–water partition coefficient (Wildman–Crippen LogP) is 4.28. The highest BCUT2D eigenvalue weighted by Gasteiger charge is 2.13. The van der Waals surface area contributed by atoms with Gasteiger partial charge in [0, 0.05) is 11.4 Å². The van der Waals surface area contributed by atoms with E-state index in [9.17, 15) is 9.59 Å². The van der Waals surface area contributed by atoms with Gasteiger partial charge in [0.15, 0.2) is 0 Å². The minimum absolute atomic E-state index is 0.463. The average molecular weight is 381 g/mol. The number of hydrogen-bond acceptors (Lipinski definition) is 4. The van der Waals surface area contributed by atoms with Crippen LogP contribution >= 0.6 is 0 Å². The summed E-state index contributed by atoms with van der Waals surface area (Å²) in [7, 11) is 0. The van der Waals surface area contributed by atoms with Gasteiger partial charge >= 0.3 is 11.8 Å². The smallest absolute Gasteiger partial charge is 0.329 e. The molecule has 148 valence electrons. The molecule has 6 nitrogen and oxygen atoms in total. The Morgan fingerprint density at radius 2 is 1.54 bits per heavy atom. The van der Waals surface area contributed by atoms with Crippen molar-refractivity contribution in [1.82, 2.24) is 5.43 Å². The van der Waals surface area contributed by atoms with E-state index in [-0.39, 0.29) is 0 Å². The third kappa shape index (κ3) is 7.23. The fraction of sp³-hybridized carbons (Fsp3) is 0.318. The number of nitrogens with zero attached hydrogens (tertiary/aromatic N) is 1. The van der Waals surface area contributed by atoms with Gasteiger partial charge in [-0.2, -0.15) is 5.10 Å². The number of hydrazone groups is 1. The van der Waals surface area contributed by atoms with Gasteiger partial charge in [-0.15, -0.1) is 0 Å². The second-order valence-corrected chi connectivity index (χ2v) is 6.37. The van der Waals surface area contributed by atoms with E-state index in [0.717, 1.165) is 37.0 Å². The van der Waals surface area contributed by atoms with Crippen LogP contribution in [-0.2, 0) is 16.2 Å². The summed E-state index contributed by atoms with van der Waals surface area (Å²) in [5.41, 5.74) is 4.81. The summed E-state index contributed by atoms with van der Waals surface area (Å²) in [5, 5.41) is 6.62. The third-order valence-electron chi connectivity index (χ3n) is 3.96. The molecule has 0 atom stereocenters. The van der Waals surface area contributed by atoms with Gasteiger partial charge in [-0.3, -0.25) is 9.59 Å². The first-order valence-electron chi connectivity index (χ1n) is 9.56. The third-order valence-corrected chi connectivity index (χ3v) is 3.96. The molecule has 2 N–H and O–H groups in total. The van der Waals surface area contributed by atoms with Crippen LogP contribution in [0, 0.1) is 0 Å². The number of carbonyl (C=O) groups is 2. The van der Waals surface area contributed by atoms with Crippen molar-refractivity contribution in [3.05, 3.63) is 60.2 Å². The maximum atomic E-state index is 12.0. The van der Waals surface area contributed by atoms with E-state index in [1.165, 1.54) is 0 Å². The molecule has 0 radical (unpaired) electrons. The van der Waals surface area contributed by atoms with Crippen LogP contribution in [0.3, 0.4) is 0 Å². The first-order chi connectivity index (χ1) is 13.6. The van der Waals surface area contributed by atoms with Crippen LogP contribution in [-0.4, -0.2) is 17.5 Å². The van der Waals surface area contributed by atoms with E-state index in [0.29, 0.717) is 18.0 Å². The van der Waals surface area contributed by atoms with Crippen molar-refractivity contribution in [2.24, 2.45) is 5.10 Å². The lowest BCUT2D eigenvalue weighted by molar-refractivity contribution is -0.136. The van der Waals surface area contributed by atoms with Crippen LogP contribution in [0.15, 0.2) is 59.7 Å². The molecule has 0 heterocycles. The highest BCUT2D eigenvalue weighted by molar-refractivity contribution is 6.39. The molecule has 2 amide bonds. The molecule has 2 aromatic rings. The molecule has 0 saturated heterocycles. The summed E-state index contributed by atoms with van der Waals surface area (Å²) in [4.78, 5) is 23.9. The van der Waals surface area contributed by atoms with Crippen LogP contribution in [0.2, 0.25) is 0 Å². The van der Waals surface area contributed by atoms with Crippen molar-refractivity contribution in [2.75, 3.05) is 5.32 Å². The van der Waals surface area contributed by atoms with Gasteiger partial charge < -0.3 is 10.1 Å². The first-order valence-corrected chi connectivity index (χ1v) is 9.56. The Kier molecular flexibility index (Phi) is 8.72. The quantitative estimate of drug-likeness (QED) is 0.387. The van der Waals surface area contributed by atoms with Crippen molar-refractivity contribution in [3.8, 4) is 5.75 Å². The molecule has 0 saturated carbocycles. The van der Waals surface area contributed by atoms with E-state index in [2.05, 4.69) is 15.8 Å². The molecule has 0 fully saturated rings. The van der Waals surface area contributed by atoms with E-state index in [1.54, 1.807) is 24.3 Å². The Balaban J connectivity index is 1.84. The lowest BCUT2D eigenvalue weighted by atomic mass is 10.1. The van der Waals surface area contributed by atoms with Crippen LogP contribution in [0.4, 0.5) is 5.69 Å². The van der Waals surface area contributed by atoms with Crippen LogP contribution < -0.4 is 15.5 Å². The maximum Gasteiger partial charge on any atom is 0.329 e. The highest BCUT2D eigenvalue weighted by Crippen LogP contribution is 2.17. The first kappa shape index (κ1) is 21.2. The summed E-state index contributed by atoms with van der Waals surface area (Å²) in [5.74, 6) is -0.858. The number of carbonyl (C=O) groups excluding carboxylic acids is 2. The van der Waals surface area contributed by atoms with Gasteiger partial charge in [0.25, 0.3) is 0 Å². The summed E-state index contributed by atoms with van der Waals surface area (Å²) >= 11 is 0. The zero-order valence-corrected chi connectivity index (χ0v) is 16.4. The molecule has 2 aromatic carbocycles. The molecule has 2 rings (SSSR count). The zero-order valence-electron chi connectivity index (χ0n) is 16.4. The molecule has 0 aromatic heterocycles. The molecule has 0 unspecified atom stereocenters. The van der Waals surface area contributed by atoms with Crippen molar-refractivity contribution in [3.63, 3.8) is 0 Å². The molecule has 0 bridgehead atoms. The second-order valence-electron chi connectivity index (χ2n) is 6.37. The fourth-order valence-electron chi connectivity index (χ4n) is 2.56. The number of hydrogen-bond donors (Lipinski definition) is 2. The van der Waals surface area contributed by atoms with Gasteiger partial charge in [-0.1, -0.05) is 57.0 Å². The Bertz CT molecular complexity index is 778. The number of amides is 2. The molecule has 6 heteroatoms. The number of ether oxygens (including phenoxy) is 1. The van der Waals surface area contributed by atoms with Crippen LogP contribution in [0.5, 0.6) is 5.75 Å². The summed E-state index contributed by atoms with van der Waals surface area (Å²) in [6.07, 6.45) is 3.50. The Morgan fingerprint density at radius 3 is 2.14 bits per heavy atom. The van der Waals surface area contributed by atoms with Gasteiger partial charge in [-0.05, 0) is 42.7 Å². The zero-order chi connectivity index (χ0) is 20.2. The summed E-state index contributed by atoms with van der Waals surface area (Å²) in [6, 6.07) is 16.7. The number of rotatable bonds is 9. The van der Waals surface area contributed by atoms with Crippen molar-refractivity contribution in [2.45, 2.75) is 46.1 Å². The average Bonchev–Trinajstić information content (AvgIpc) is 2.72. The second kappa shape index (κ2) is 11.5. The van der Waals surface area contributed by atoms with E-state index in [1.807, 2.05) is 44.2 Å². The summed E-state index contributed by atoms with van der Waals surface area (Å²) < 4.78 is 5.70. The topological polar surface area (TPSA) is 79.8 Å². The number of benzene rings is 2. The monoisotopic (exact) mass is 381 g/mol. The van der Waals surface area contributed by atoms with Crippen molar-refractivity contribution >= 4 is 23.2 Å². The van der Waals surface area contributed by atoms with Gasteiger partial charge in [0.1, 0.15) is 12.4 Å². The standard InChI is InChI=1S/C22H27N3O3/c1-3-8-19(9-4-2)24-25-22(27)21(26)23-18-12-14-20(15-13-18)28-16-17-10-6-5-7-11-17/h5-7,10-15H,3-4,8-9,16H2,1-2H3,(H,23,26)(H,25,27). The SMILES string of the molecule is CCCC(CCC)=NNC(=O)C(=O)Nc1ccc(OCc2ccccc2)cc1. The number of nitrogens with one attached hydrogen (secondary N) is 2. The lowest BCUT2D eigenvalue weighted by Gasteiger charge is -2.08. The van der Waals surface area contributed by atoms with E-state index >= 15 is 0 Å². The van der Waals surface area contributed by atoms with Crippen LogP contribution in [0.1, 0.15) is 45.1 Å². The molecule has 28 heavy (non-hydrogen) atoms. The maximum absolute atomic E-state index is 12.0. The molecular weight excluding hydrogens is 354 g/mol. The normalized spacial score (nSPS) is 10.1. The Labute approximate surface area is 166 Å². The fourth-order valence-corrected chi connectivity index (χ4v) is 2.56. The Morgan fingerprint density at radius 1 is 0.893 bits per heavy atom. The van der Waals surface area contributed by atoms with Crippen molar-refractivity contribution in [1.29, 1.82) is 0 Å². The highest BCUT2D eigenvalue weighted by atomic mass is 16.5. The molecule has 0 aliphatic heterocycles. The van der Waals surface area contributed by atoms with Gasteiger partial charge in [0.2, 0.25) is 0 Å². The van der Waals surface area contributed by atoms with Crippen LogP contribution in [0.25, 0.3) is 0 Å². The summed E-state index contributed by atoms with van der Waals surface area (Å²) in [6.45, 7) is 4.56. The van der Waals surface area contributed by atoms with E-state index in [4.69, 9.17) is 4.74 Å². The molecule has 0 aliphatic carbocycles. The Hall–Kier alpha value is -3.15. The van der Waals surface area contributed by atoms with E-state index < -0.39 is 11.8 Å². The van der Waals surface area contributed by atoms with Gasteiger partial charge in [0.05, 0.1) is 0 Å². The predicted molar refractivity (Wildman–Crippen MR) is 111 cm³/mol. The number of anilines is 1. The molecule has 0 spiro atoms. The lowest BCUT2D eigenvalue weighted by Crippen LogP contribution is -2.33. The minimum atomic E-state index is -0.783. The largest absolute Gasteiger partial charge is 0.489 e. The van der Waals surface area contributed by atoms with Gasteiger partial charge in [-0.25, -0.2) is 5.43 Å².